The predicted molar refractivity (Wildman–Crippen MR) is 108 cm³/mol. The van der Waals surface area contributed by atoms with Crippen molar-refractivity contribution >= 4 is 28.4 Å². The SMILES string of the molecule is N#Cc1ccc(-c2ccc(C(=O)Nc3ccc4cccnc4n3)cc2N)cc1. The second-order valence-corrected chi connectivity index (χ2v) is 6.19. The number of nitriles is 1. The Labute approximate surface area is 161 Å². The molecular formula is C22H15N5O. The third-order valence-electron chi connectivity index (χ3n) is 4.34. The largest absolute Gasteiger partial charge is 0.398 e. The quantitative estimate of drug-likeness (QED) is 0.534. The number of carbonyl (C=O) groups excluding carboxylic acids is 1. The number of pyridine rings is 2. The van der Waals surface area contributed by atoms with Crippen molar-refractivity contribution in [1.29, 1.82) is 5.26 Å². The van der Waals surface area contributed by atoms with Gasteiger partial charge < -0.3 is 11.1 Å². The first kappa shape index (κ1) is 17.2. The van der Waals surface area contributed by atoms with Crippen molar-refractivity contribution in [3.8, 4) is 17.2 Å². The van der Waals surface area contributed by atoms with Gasteiger partial charge in [0.2, 0.25) is 0 Å². The predicted octanol–water partition coefficient (Wildman–Crippen LogP) is 4.00. The number of benzene rings is 2. The molecule has 0 bridgehead atoms. The van der Waals surface area contributed by atoms with Crippen molar-refractivity contribution < 1.29 is 4.79 Å². The van der Waals surface area contributed by atoms with Gasteiger partial charge in [-0.2, -0.15) is 5.26 Å². The average molecular weight is 365 g/mol. The van der Waals surface area contributed by atoms with E-state index in [4.69, 9.17) is 11.0 Å². The van der Waals surface area contributed by atoms with Gasteiger partial charge in [0, 0.05) is 28.4 Å². The lowest BCUT2D eigenvalue weighted by atomic mass is 10.0. The minimum absolute atomic E-state index is 0.305. The lowest BCUT2D eigenvalue weighted by Gasteiger charge is -2.09. The van der Waals surface area contributed by atoms with E-state index in [1.54, 1.807) is 42.6 Å². The third kappa shape index (κ3) is 3.37. The first-order chi connectivity index (χ1) is 13.6. The van der Waals surface area contributed by atoms with Crippen molar-refractivity contribution in [3.63, 3.8) is 0 Å². The van der Waals surface area contributed by atoms with Crippen LogP contribution < -0.4 is 11.1 Å². The zero-order valence-electron chi connectivity index (χ0n) is 14.8. The van der Waals surface area contributed by atoms with Gasteiger partial charge in [0.05, 0.1) is 11.6 Å². The van der Waals surface area contributed by atoms with E-state index in [1.165, 1.54) is 0 Å². The molecule has 0 fully saturated rings. The van der Waals surface area contributed by atoms with Crippen LogP contribution in [-0.2, 0) is 0 Å². The molecule has 28 heavy (non-hydrogen) atoms. The molecule has 0 unspecified atom stereocenters. The minimum Gasteiger partial charge on any atom is -0.398 e. The number of aromatic nitrogens is 2. The number of nitrogen functional groups attached to an aromatic ring is 1. The molecule has 0 atom stereocenters. The first-order valence-electron chi connectivity index (χ1n) is 8.57. The van der Waals surface area contributed by atoms with E-state index in [-0.39, 0.29) is 5.91 Å². The molecule has 2 aromatic carbocycles. The lowest BCUT2D eigenvalue weighted by Crippen LogP contribution is -2.13. The van der Waals surface area contributed by atoms with Crippen LogP contribution in [0.3, 0.4) is 0 Å². The summed E-state index contributed by atoms with van der Waals surface area (Å²) in [6.45, 7) is 0. The van der Waals surface area contributed by atoms with Crippen LogP contribution in [-0.4, -0.2) is 15.9 Å². The van der Waals surface area contributed by atoms with E-state index in [0.717, 1.165) is 16.5 Å². The molecule has 3 N–H and O–H groups in total. The van der Waals surface area contributed by atoms with Crippen LogP contribution in [0.15, 0.2) is 72.9 Å². The van der Waals surface area contributed by atoms with Gasteiger partial charge in [-0.3, -0.25) is 4.79 Å². The molecule has 0 spiro atoms. The molecule has 2 heterocycles. The monoisotopic (exact) mass is 365 g/mol. The number of anilines is 2. The summed E-state index contributed by atoms with van der Waals surface area (Å²) >= 11 is 0. The Balaban J connectivity index is 1.57. The Bertz CT molecular complexity index is 1230. The van der Waals surface area contributed by atoms with Crippen LogP contribution in [0.2, 0.25) is 0 Å². The number of fused-ring (bicyclic) bond motifs is 1. The number of rotatable bonds is 3. The van der Waals surface area contributed by atoms with Crippen molar-refractivity contribution in [2.75, 3.05) is 11.1 Å². The fourth-order valence-corrected chi connectivity index (χ4v) is 2.90. The fraction of sp³-hybridized carbons (Fsp3) is 0. The highest BCUT2D eigenvalue weighted by atomic mass is 16.1. The van der Waals surface area contributed by atoms with Crippen LogP contribution in [0, 0.1) is 11.3 Å². The molecule has 0 aliphatic heterocycles. The van der Waals surface area contributed by atoms with Gasteiger partial charge in [-0.25, -0.2) is 9.97 Å². The summed E-state index contributed by atoms with van der Waals surface area (Å²) < 4.78 is 0. The minimum atomic E-state index is -0.305. The van der Waals surface area contributed by atoms with Crippen LogP contribution >= 0.6 is 0 Å². The standard InChI is InChI=1S/C22H15N5O/c23-13-14-3-5-15(6-4-14)18-9-7-17(12-19(18)24)22(28)27-20-10-8-16-2-1-11-25-21(16)26-20/h1-12H,24H2,(H,25,26,27,28). The normalized spacial score (nSPS) is 10.4. The summed E-state index contributed by atoms with van der Waals surface area (Å²) in [5.41, 5.74) is 9.89. The van der Waals surface area contributed by atoms with Gasteiger partial charge in [0.1, 0.15) is 5.82 Å². The van der Waals surface area contributed by atoms with Crippen molar-refractivity contribution in [2.45, 2.75) is 0 Å². The number of nitrogens with one attached hydrogen (secondary N) is 1. The smallest absolute Gasteiger partial charge is 0.256 e. The highest BCUT2D eigenvalue weighted by Crippen LogP contribution is 2.27. The molecular weight excluding hydrogens is 350 g/mol. The molecule has 4 aromatic rings. The summed E-state index contributed by atoms with van der Waals surface area (Å²) in [6, 6.07) is 21.7. The number of hydrogen-bond acceptors (Lipinski definition) is 5. The van der Waals surface area contributed by atoms with E-state index in [0.29, 0.717) is 28.3 Å². The third-order valence-corrected chi connectivity index (χ3v) is 4.34. The van der Waals surface area contributed by atoms with Gasteiger partial charge in [-0.15, -0.1) is 0 Å². The number of nitrogens with two attached hydrogens (primary N) is 1. The number of carbonyl (C=O) groups is 1. The van der Waals surface area contributed by atoms with Crippen molar-refractivity contribution in [3.05, 3.63) is 84.1 Å². The second kappa shape index (κ2) is 7.17. The fourth-order valence-electron chi connectivity index (χ4n) is 2.90. The number of nitrogens with zero attached hydrogens (tertiary/aromatic N) is 3. The molecule has 2 aromatic heterocycles. The summed E-state index contributed by atoms with van der Waals surface area (Å²) in [6.07, 6.45) is 1.66. The molecule has 4 rings (SSSR count). The van der Waals surface area contributed by atoms with E-state index in [2.05, 4.69) is 21.4 Å². The molecule has 6 heteroatoms. The molecule has 6 nitrogen and oxygen atoms in total. The van der Waals surface area contributed by atoms with Crippen LogP contribution in [0.1, 0.15) is 15.9 Å². The molecule has 0 aliphatic carbocycles. The van der Waals surface area contributed by atoms with Gasteiger partial charge in [-0.1, -0.05) is 18.2 Å². The van der Waals surface area contributed by atoms with E-state index in [1.807, 2.05) is 30.3 Å². The summed E-state index contributed by atoms with van der Waals surface area (Å²) in [7, 11) is 0. The van der Waals surface area contributed by atoms with Crippen molar-refractivity contribution in [1.82, 2.24) is 9.97 Å². The topological polar surface area (TPSA) is 105 Å². The maximum Gasteiger partial charge on any atom is 0.256 e. The first-order valence-corrected chi connectivity index (χ1v) is 8.57. The lowest BCUT2D eigenvalue weighted by molar-refractivity contribution is 0.102. The number of hydrogen-bond donors (Lipinski definition) is 2. The highest BCUT2D eigenvalue weighted by molar-refractivity contribution is 6.05. The Morgan fingerprint density at radius 2 is 1.86 bits per heavy atom. The zero-order chi connectivity index (χ0) is 19.5. The van der Waals surface area contributed by atoms with Gasteiger partial charge >= 0.3 is 0 Å². The maximum absolute atomic E-state index is 12.6. The van der Waals surface area contributed by atoms with Gasteiger partial charge in [0.25, 0.3) is 5.91 Å². The Morgan fingerprint density at radius 1 is 1.04 bits per heavy atom. The number of amides is 1. The molecule has 0 saturated heterocycles. The Hall–Kier alpha value is -4.24. The molecule has 0 saturated carbocycles. The average Bonchev–Trinajstić information content (AvgIpc) is 2.73. The zero-order valence-corrected chi connectivity index (χ0v) is 14.8. The van der Waals surface area contributed by atoms with Crippen LogP contribution in [0.4, 0.5) is 11.5 Å². The maximum atomic E-state index is 12.6. The van der Waals surface area contributed by atoms with Crippen LogP contribution in [0.5, 0.6) is 0 Å². The second-order valence-electron chi connectivity index (χ2n) is 6.19. The van der Waals surface area contributed by atoms with E-state index in [9.17, 15) is 4.79 Å². The molecule has 1 amide bonds. The van der Waals surface area contributed by atoms with E-state index < -0.39 is 0 Å². The summed E-state index contributed by atoms with van der Waals surface area (Å²) in [5.74, 6) is 0.117. The van der Waals surface area contributed by atoms with Crippen LogP contribution in [0.25, 0.3) is 22.2 Å². The summed E-state index contributed by atoms with van der Waals surface area (Å²) in [5, 5.41) is 12.6. The molecule has 0 radical (unpaired) electrons. The summed E-state index contributed by atoms with van der Waals surface area (Å²) in [4.78, 5) is 21.1. The highest BCUT2D eigenvalue weighted by Gasteiger charge is 2.11. The van der Waals surface area contributed by atoms with Crippen molar-refractivity contribution in [2.24, 2.45) is 0 Å². The Kier molecular flexibility index (Phi) is 4.40. The molecule has 0 aliphatic rings. The van der Waals surface area contributed by atoms with E-state index >= 15 is 0 Å². The molecule has 134 valence electrons. The van der Waals surface area contributed by atoms with Gasteiger partial charge in [-0.05, 0) is 54.1 Å². The van der Waals surface area contributed by atoms with Gasteiger partial charge in [0.15, 0.2) is 5.65 Å². The Morgan fingerprint density at radius 3 is 2.61 bits per heavy atom.